The molecule has 0 radical (unpaired) electrons. The van der Waals surface area contributed by atoms with Crippen molar-refractivity contribution in [2.75, 3.05) is 0 Å². The highest BCUT2D eigenvalue weighted by molar-refractivity contribution is 5.68. The molecular formula is C18H12N2. The minimum Gasteiger partial charge on any atom is -0.197 e. The van der Waals surface area contributed by atoms with Crippen molar-refractivity contribution in [3.63, 3.8) is 0 Å². The van der Waals surface area contributed by atoms with Gasteiger partial charge in [-0.1, -0.05) is 48.5 Å². The Balaban J connectivity index is 2.21. The topological polar surface area (TPSA) is 47.6 Å². The minimum absolute atomic E-state index is 0.578. The lowest BCUT2D eigenvalue weighted by Crippen LogP contribution is -2.47. The molecule has 0 aromatic heterocycles. The van der Waals surface area contributed by atoms with Crippen LogP contribution in [0.3, 0.4) is 0 Å². The number of fused-ring (bicyclic) bond motifs is 1. The van der Waals surface area contributed by atoms with Crippen molar-refractivity contribution >= 4 is 0 Å². The van der Waals surface area contributed by atoms with Gasteiger partial charge >= 0.3 is 0 Å². The molecule has 2 aromatic rings. The summed E-state index contributed by atoms with van der Waals surface area (Å²) in [5, 5.41) is 19.8. The quantitative estimate of drug-likeness (QED) is 0.725. The van der Waals surface area contributed by atoms with E-state index in [1.807, 2.05) is 48.5 Å². The molecule has 94 valence electrons. The van der Waals surface area contributed by atoms with E-state index in [1.165, 1.54) is 0 Å². The first kappa shape index (κ1) is 11.3. The van der Waals surface area contributed by atoms with Gasteiger partial charge in [0.05, 0.1) is 12.1 Å². The Morgan fingerprint density at radius 1 is 0.650 bits per heavy atom. The van der Waals surface area contributed by atoms with Crippen molar-refractivity contribution in [2.45, 2.75) is 23.7 Å². The lowest BCUT2D eigenvalue weighted by atomic mass is 9.50. The highest BCUT2D eigenvalue weighted by atomic mass is 14.6. The minimum atomic E-state index is -0.578. The molecule has 0 atom stereocenters. The summed E-state index contributed by atoms with van der Waals surface area (Å²) >= 11 is 0. The molecule has 3 aliphatic rings. The van der Waals surface area contributed by atoms with Crippen molar-refractivity contribution in [1.29, 1.82) is 10.5 Å². The van der Waals surface area contributed by atoms with E-state index in [2.05, 4.69) is 12.1 Å². The van der Waals surface area contributed by atoms with Crippen LogP contribution in [-0.2, 0) is 10.8 Å². The predicted octanol–water partition coefficient (Wildman–Crippen LogP) is 3.41. The van der Waals surface area contributed by atoms with Gasteiger partial charge in [0.15, 0.2) is 0 Å². The summed E-state index contributed by atoms with van der Waals surface area (Å²) < 4.78 is 0. The Labute approximate surface area is 117 Å². The molecule has 2 nitrogen and oxygen atoms in total. The number of rotatable bonds is 0. The van der Waals surface area contributed by atoms with Crippen molar-refractivity contribution in [1.82, 2.24) is 0 Å². The van der Waals surface area contributed by atoms with E-state index in [0.717, 1.165) is 35.1 Å². The van der Waals surface area contributed by atoms with E-state index in [9.17, 15) is 10.5 Å². The number of nitrogens with zero attached hydrogens (tertiary/aromatic N) is 2. The van der Waals surface area contributed by atoms with Crippen LogP contribution in [0.1, 0.15) is 35.1 Å². The number of benzene rings is 2. The summed E-state index contributed by atoms with van der Waals surface area (Å²) in [5.74, 6) is 0. The smallest absolute Gasteiger partial charge is 0.108 e. The van der Waals surface area contributed by atoms with Crippen LogP contribution in [0.5, 0.6) is 0 Å². The fraction of sp³-hybridized carbons (Fsp3) is 0.222. The zero-order valence-corrected chi connectivity index (χ0v) is 10.9. The lowest BCUT2D eigenvalue weighted by Gasteiger charge is -2.49. The molecule has 2 heteroatoms. The van der Waals surface area contributed by atoms with Crippen LogP contribution in [0.25, 0.3) is 0 Å². The van der Waals surface area contributed by atoms with E-state index in [-0.39, 0.29) is 0 Å². The standard InChI is InChI=1S/C18H12N2/c19-11-17-9-10-18(12-20,14-6-2-1-5-13(14)17)16-8-4-3-7-15(16)17/h1-8H,9-10H2. The summed E-state index contributed by atoms with van der Waals surface area (Å²) in [4.78, 5) is 0. The predicted molar refractivity (Wildman–Crippen MR) is 74.9 cm³/mol. The molecule has 0 spiro atoms. The van der Waals surface area contributed by atoms with Gasteiger partial charge in [0.2, 0.25) is 0 Å². The molecule has 5 rings (SSSR count). The average Bonchev–Trinajstić information content (AvgIpc) is 2.55. The van der Waals surface area contributed by atoms with Crippen LogP contribution in [0.2, 0.25) is 0 Å². The van der Waals surface area contributed by atoms with Crippen molar-refractivity contribution in [3.05, 3.63) is 70.8 Å². The molecule has 0 saturated carbocycles. The Morgan fingerprint density at radius 3 is 1.20 bits per heavy atom. The highest BCUT2D eigenvalue weighted by Gasteiger charge is 2.56. The molecule has 0 amide bonds. The van der Waals surface area contributed by atoms with Gasteiger partial charge < -0.3 is 0 Å². The monoisotopic (exact) mass is 256 g/mol. The maximum absolute atomic E-state index is 9.88. The molecule has 0 saturated heterocycles. The van der Waals surface area contributed by atoms with E-state index < -0.39 is 10.8 Å². The van der Waals surface area contributed by atoms with E-state index in [0.29, 0.717) is 0 Å². The van der Waals surface area contributed by atoms with Gasteiger partial charge in [-0.15, -0.1) is 0 Å². The Kier molecular flexibility index (Phi) is 1.97. The first-order chi connectivity index (χ1) is 9.78. The molecule has 2 aromatic carbocycles. The Bertz CT molecular complexity index is 689. The normalized spacial score (nSPS) is 28.9. The summed E-state index contributed by atoms with van der Waals surface area (Å²) in [6, 6.07) is 21.0. The number of hydrogen-bond acceptors (Lipinski definition) is 2. The molecular weight excluding hydrogens is 244 g/mol. The van der Waals surface area contributed by atoms with Crippen LogP contribution >= 0.6 is 0 Å². The molecule has 2 bridgehead atoms. The zero-order valence-electron chi connectivity index (χ0n) is 10.9. The third-order valence-electron chi connectivity index (χ3n) is 4.95. The number of hydrogen-bond donors (Lipinski definition) is 0. The van der Waals surface area contributed by atoms with Gasteiger partial charge in [-0.2, -0.15) is 10.5 Å². The van der Waals surface area contributed by atoms with Crippen LogP contribution in [-0.4, -0.2) is 0 Å². The van der Waals surface area contributed by atoms with Gasteiger partial charge in [0.25, 0.3) is 0 Å². The lowest BCUT2D eigenvalue weighted by molar-refractivity contribution is 0.393. The van der Waals surface area contributed by atoms with Crippen LogP contribution in [0.4, 0.5) is 0 Å². The molecule has 0 heterocycles. The average molecular weight is 256 g/mol. The fourth-order valence-electron chi connectivity index (χ4n) is 4.01. The molecule has 0 unspecified atom stereocenters. The second-order valence-corrected chi connectivity index (χ2v) is 5.63. The number of nitriles is 2. The van der Waals surface area contributed by atoms with Crippen molar-refractivity contribution in [3.8, 4) is 12.1 Å². The fourth-order valence-corrected chi connectivity index (χ4v) is 4.01. The SMILES string of the molecule is N#CC12CCC(C#N)(c3ccccc31)c1ccccc12. The molecule has 0 fully saturated rings. The van der Waals surface area contributed by atoms with Crippen molar-refractivity contribution in [2.24, 2.45) is 0 Å². The van der Waals surface area contributed by atoms with Gasteiger partial charge in [-0.3, -0.25) is 0 Å². The van der Waals surface area contributed by atoms with Gasteiger partial charge in [0, 0.05) is 0 Å². The zero-order chi connectivity index (χ0) is 13.8. The summed E-state index contributed by atoms with van der Waals surface area (Å²) in [7, 11) is 0. The van der Waals surface area contributed by atoms with Gasteiger partial charge in [-0.05, 0) is 35.1 Å². The van der Waals surface area contributed by atoms with E-state index in [1.54, 1.807) is 0 Å². The second kappa shape index (κ2) is 3.50. The van der Waals surface area contributed by atoms with Crippen LogP contribution < -0.4 is 0 Å². The largest absolute Gasteiger partial charge is 0.197 e. The highest BCUT2D eigenvalue weighted by Crippen LogP contribution is 2.58. The maximum atomic E-state index is 9.88. The molecule has 0 aliphatic heterocycles. The molecule has 0 N–H and O–H groups in total. The molecule has 20 heavy (non-hydrogen) atoms. The second-order valence-electron chi connectivity index (χ2n) is 5.63. The maximum Gasteiger partial charge on any atom is 0.108 e. The molecule has 3 aliphatic carbocycles. The van der Waals surface area contributed by atoms with Gasteiger partial charge in [0.1, 0.15) is 10.8 Å². The van der Waals surface area contributed by atoms with E-state index >= 15 is 0 Å². The summed E-state index contributed by atoms with van der Waals surface area (Å²) in [5.41, 5.74) is 2.93. The van der Waals surface area contributed by atoms with Crippen molar-refractivity contribution < 1.29 is 0 Å². The summed E-state index contributed by atoms with van der Waals surface area (Å²) in [6.07, 6.45) is 1.45. The summed E-state index contributed by atoms with van der Waals surface area (Å²) in [6.45, 7) is 0. The Hall–Kier alpha value is -2.58. The Morgan fingerprint density at radius 2 is 0.950 bits per heavy atom. The van der Waals surface area contributed by atoms with Gasteiger partial charge in [-0.25, -0.2) is 0 Å². The third-order valence-corrected chi connectivity index (χ3v) is 4.95. The third kappa shape index (κ3) is 1.01. The first-order valence-electron chi connectivity index (χ1n) is 6.81. The first-order valence-corrected chi connectivity index (χ1v) is 6.81. The van der Waals surface area contributed by atoms with Crippen LogP contribution in [0.15, 0.2) is 48.5 Å². The van der Waals surface area contributed by atoms with Crippen LogP contribution in [0, 0.1) is 22.7 Å². The van der Waals surface area contributed by atoms with E-state index in [4.69, 9.17) is 0 Å².